The molecule has 7 aromatic carbocycles. The van der Waals surface area contributed by atoms with Crippen LogP contribution in [0.1, 0.15) is 26.3 Å². The van der Waals surface area contributed by atoms with Gasteiger partial charge >= 0.3 is 0 Å². The Morgan fingerprint density at radius 3 is 2.05 bits per heavy atom. The maximum Gasteiger partial charge on any atom is 0.242 e. The molecule has 5 heterocycles. The Balaban J connectivity index is 0.00000432. The van der Waals surface area contributed by atoms with Gasteiger partial charge in [0, 0.05) is 78.6 Å². The molecule has 7 nitrogen and oxygen atoms in total. The Labute approximate surface area is 372 Å². The minimum Gasteiger partial charge on any atom is -0.510 e. The van der Waals surface area contributed by atoms with Gasteiger partial charge in [-0.25, -0.2) is 4.98 Å². The van der Waals surface area contributed by atoms with Crippen LogP contribution in [0.4, 0.5) is 0 Å². The molecule has 8 heteroatoms. The van der Waals surface area contributed by atoms with E-state index in [1.54, 1.807) is 0 Å². The summed E-state index contributed by atoms with van der Waals surface area (Å²) < 4.78 is 17.9. The number of imidazole rings is 1. The van der Waals surface area contributed by atoms with E-state index in [0.29, 0.717) is 11.5 Å². The summed E-state index contributed by atoms with van der Waals surface area (Å²) in [6, 6.07) is 58.5. The summed E-state index contributed by atoms with van der Waals surface area (Å²) in [4.78, 5) is 5.16. The summed E-state index contributed by atoms with van der Waals surface area (Å²) in [6.45, 7) is 6.75. The zero-order valence-electron chi connectivity index (χ0n) is 34.8. The number of nitrogens with zero attached hydrogens (tertiary/aromatic N) is 6. The van der Waals surface area contributed by atoms with Crippen molar-refractivity contribution >= 4 is 76.5 Å². The predicted molar refractivity (Wildman–Crippen MR) is 247 cm³/mol. The van der Waals surface area contributed by atoms with E-state index >= 15 is 0 Å². The number of para-hydroxylation sites is 5. The third-order valence-corrected chi connectivity index (χ3v) is 12.3. The summed E-state index contributed by atoms with van der Waals surface area (Å²) in [5, 5.41) is 6.95. The summed E-state index contributed by atoms with van der Waals surface area (Å²) in [6.07, 6.45) is 5.37. The largest absolute Gasteiger partial charge is 0.510 e. The molecule has 0 spiro atoms. The fourth-order valence-electron chi connectivity index (χ4n) is 9.57. The van der Waals surface area contributed by atoms with Crippen LogP contribution < -0.4 is 9.30 Å². The van der Waals surface area contributed by atoms with E-state index < -0.39 is 0 Å². The Hall–Kier alpha value is -6.95. The van der Waals surface area contributed by atoms with Gasteiger partial charge in [0.1, 0.15) is 5.82 Å². The maximum absolute atomic E-state index is 6.73. The number of rotatable bonds is 5. The van der Waals surface area contributed by atoms with Crippen LogP contribution in [0.5, 0.6) is 11.5 Å². The molecule has 0 atom stereocenters. The van der Waals surface area contributed by atoms with E-state index in [-0.39, 0.29) is 26.5 Å². The van der Waals surface area contributed by atoms with Crippen molar-refractivity contribution in [3.63, 3.8) is 0 Å². The number of aromatic nitrogens is 6. The van der Waals surface area contributed by atoms with Crippen LogP contribution in [-0.2, 0) is 40.6 Å². The van der Waals surface area contributed by atoms with E-state index in [0.717, 1.165) is 66.5 Å². The number of benzene rings is 7. The van der Waals surface area contributed by atoms with Crippen molar-refractivity contribution in [2.75, 3.05) is 0 Å². The molecule has 0 bridgehead atoms. The topological polar surface area (TPSA) is 45.7 Å². The summed E-state index contributed by atoms with van der Waals surface area (Å²) in [5.74, 6) is 2.00. The standard InChI is InChI=1S/C54H40N6O.Pt/c1-54(2,3)34-28-29-55-47(30-34)60-46-32-38(61-37-19-15-18-36(31-37)58-33-56(4)44-24-13-14-25-45(44)58)26-27-41(46)48-49-39-20-9-11-22-42(39)57(5)52(49)53-50(51(48)60)40-21-10-12-23-43(40)59(53)35-16-7-6-8-17-35;/h6-30H,1-5H3;/q-2;. The second-order valence-corrected chi connectivity index (χ2v) is 17.0. The van der Waals surface area contributed by atoms with Crippen molar-refractivity contribution in [2.45, 2.75) is 26.2 Å². The first-order valence-electron chi connectivity index (χ1n) is 20.7. The zero-order chi connectivity index (χ0) is 41.1. The van der Waals surface area contributed by atoms with Crippen molar-refractivity contribution in [3.05, 3.63) is 176 Å². The van der Waals surface area contributed by atoms with E-state index in [4.69, 9.17) is 9.72 Å². The Morgan fingerprint density at radius 1 is 0.581 bits per heavy atom. The Bertz CT molecular complexity index is 3750. The third-order valence-electron chi connectivity index (χ3n) is 12.3. The SMILES string of the molecule is Cn1[c-][n+](-c2[c-]c(Oc3[c-]c4c(cc3)c3c5c6ccccc6n(C)c5c5c(c6ccccc6n5-c5ccccc5)c3n4-c3cc(C(C)(C)C)ccn3)ccc2)c2ccccc21.[Pt]. The number of hydrogen-bond donors (Lipinski definition) is 0. The molecule has 0 aliphatic carbocycles. The normalized spacial score (nSPS) is 12.1. The van der Waals surface area contributed by atoms with Gasteiger partial charge in [-0.3, -0.25) is 0 Å². The average molecular weight is 984 g/mol. The molecule has 0 aliphatic heterocycles. The monoisotopic (exact) mass is 983 g/mol. The molecule has 0 saturated heterocycles. The number of aryl methyl sites for hydroxylation is 2. The molecule has 0 radical (unpaired) electrons. The van der Waals surface area contributed by atoms with Gasteiger partial charge in [0.25, 0.3) is 0 Å². The first-order valence-corrected chi connectivity index (χ1v) is 20.7. The fraction of sp³-hybridized carbons (Fsp3) is 0.111. The van der Waals surface area contributed by atoms with Gasteiger partial charge in [-0.1, -0.05) is 111 Å². The summed E-state index contributed by atoms with van der Waals surface area (Å²) in [7, 11) is 4.21. The van der Waals surface area contributed by atoms with Crippen molar-refractivity contribution < 1.29 is 30.4 Å². The molecule has 0 fully saturated rings. The molecule has 0 saturated carbocycles. The molecule has 0 aliphatic rings. The van der Waals surface area contributed by atoms with Crippen LogP contribution in [-0.4, -0.2) is 23.3 Å². The molecule has 304 valence electrons. The molecule has 62 heavy (non-hydrogen) atoms. The summed E-state index contributed by atoms with van der Waals surface area (Å²) >= 11 is 0. The van der Waals surface area contributed by atoms with Crippen LogP contribution in [0, 0.1) is 18.5 Å². The first-order chi connectivity index (χ1) is 29.7. The van der Waals surface area contributed by atoms with Crippen molar-refractivity contribution in [3.8, 4) is 28.7 Å². The van der Waals surface area contributed by atoms with Gasteiger partial charge in [-0.15, -0.1) is 29.7 Å². The van der Waals surface area contributed by atoms with Crippen LogP contribution in [0.3, 0.4) is 0 Å². The molecule has 0 amide bonds. The van der Waals surface area contributed by atoms with Crippen LogP contribution >= 0.6 is 0 Å². The quantitative estimate of drug-likeness (QED) is 0.127. The van der Waals surface area contributed by atoms with Crippen molar-refractivity contribution in [2.24, 2.45) is 14.1 Å². The van der Waals surface area contributed by atoms with Crippen LogP contribution in [0.15, 0.2) is 152 Å². The van der Waals surface area contributed by atoms with Crippen LogP contribution in [0.2, 0.25) is 0 Å². The number of ether oxygens (including phenoxy) is 1. The zero-order valence-corrected chi connectivity index (χ0v) is 37.1. The van der Waals surface area contributed by atoms with Gasteiger partial charge < -0.3 is 27.6 Å². The van der Waals surface area contributed by atoms with E-state index in [9.17, 15) is 0 Å². The number of hydrogen-bond acceptors (Lipinski definition) is 2. The third kappa shape index (κ3) is 5.54. The molecule has 5 aromatic heterocycles. The molecule has 0 unspecified atom stereocenters. The second-order valence-electron chi connectivity index (χ2n) is 17.0. The first kappa shape index (κ1) is 38.0. The smallest absolute Gasteiger partial charge is 0.242 e. The van der Waals surface area contributed by atoms with Gasteiger partial charge in [-0.05, 0) is 52.8 Å². The fourth-order valence-corrected chi connectivity index (χ4v) is 9.57. The van der Waals surface area contributed by atoms with E-state index in [1.165, 1.54) is 32.8 Å². The van der Waals surface area contributed by atoms with Gasteiger partial charge in [-0.2, -0.15) is 18.2 Å². The van der Waals surface area contributed by atoms with E-state index in [1.807, 2.05) is 58.8 Å². The van der Waals surface area contributed by atoms with Crippen molar-refractivity contribution in [1.29, 1.82) is 0 Å². The predicted octanol–water partition coefficient (Wildman–Crippen LogP) is 12.2. The second kappa shape index (κ2) is 14.0. The van der Waals surface area contributed by atoms with Crippen molar-refractivity contribution in [1.82, 2.24) is 23.3 Å². The molecular formula is C54H40N6OPt-2. The average Bonchev–Trinajstić information content (AvgIpc) is 4.00. The summed E-state index contributed by atoms with van der Waals surface area (Å²) in [5.41, 5.74) is 11.8. The molecule has 12 rings (SSSR count). The number of fused-ring (bicyclic) bond motifs is 13. The van der Waals surface area contributed by atoms with Crippen LogP contribution in [0.25, 0.3) is 93.6 Å². The minimum absolute atomic E-state index is 0. The maximum atomic E-state index is 6.73. The van der Waals surface area contributed by atoms with Gasteiger partial charge in [0.2, 0.25) is 6.33 Å². The van der Waals surface area contributed by atoms with Gasteiger partial charge in [0.05, 0.1) is 40.1 Å². The van der Waals surface area contributed by atoms with Gasteiger partial charge in [0.15, 0.2) is 0 Å². The molecular weight excluding hydrogens is 944 g/mol. The molecule has 12 aromatic rings. The number of pyridine rings is 1. The minimum atomic E-state index is -0.101. The molecule has 0 N–H and O–H groups in total. The Kier molecular flexibility index (Phi) is 8.61. The Morgan fingerprint density at radius 2 is 1.26 bits per heavy atom. The van der Waals surface area contributed by atoms with E-state index in [2.05, 4.69) is 169 Å².